The zero-order chi connectivity index (χ0) is 12.5. The summed E-state index contributed by atoms with van der Waals surface area (Å²) in [4.78, 5) is 13.9. The largest absolute Gasteiger partial charge is 0.339 e. The molecule has 0 aromatic carbocycles. The highest BCUT2D eigenvalue weighted by atomic mass is 32.2. The summed E-state index contributed by atoms with van der Waals surface area (Å²) in [7, 11) is -2.91. The Morgan fingerprint density at radius 3 is 2.53 bits per heavy atom. The van der Waals surface area contributed by atoms with Crippen LogP contribution in [0.25, 0.3) is 0 Å². The number of sulfone groups is 1. The van der Waals surface area contributed by atoms with Crippen molar-refractivity contribution in [2.75, 3.05) is 31.1 Å². The molecule has 0 bridgehead atoms. The molecule has 2 fully saturated rings. The molecular formula is C11H20N2O3S. The van der Waals surface area contributed by atoms with Crippen LogP contribution in [-0.2, 0) is 14.6 Å². The second-order valence-electron chi connectivity index (χ2n) is 5.03. The molecule has 1 N–H and O–H groups in total. The molecule has 2 aliphatic rings. The molecule has 0 radical (unpaired) electrons. The zero-order valence-electron chi connectivity index (χ0n) is 10.2. The fourth-order valence-corrected chi connectivity index (χ4v) is 3.71. The van der Waals surface area contributed by atoms with Crippen molar-refractivity contribution in [3.05, 3.63) is 0 Å². The van der Waals surface area contributed by atoms with E-state index in [-0.39, 0.29) is 23.5 Å². The van der Waals surface area contributed by atoms with E-state index in [0.717, 1.165) is 19.4 Å². The number of nitrogens with zero attached hydrogens (tertiary/aromatic N) is 1. The Morgan fingerprint density at radius 1 is 1.29 bits per heavy atom. The number of rotatable bonds is 1. The lowest BCUT2D eigenvalue weighted by molar-refractivity contribution is -0.134. The van der Waals surface area contributed by atoms with Gasteiger partial charge in [0.15, 0.2) is 9.84 Å². The molecule has 2 aliphatic heterocycles. The van der Waals surface area contributed by atoms with Crippen LogP contribution in [0.2, 0.25) is 0 Å². The number of carbonyl (C=O) groups is 1. The predicted octanol–water partition coefficient (Wildman–Crippen LogP) is -0.368. The van der Waals surface area contributed by atoms with E-state index in [9.17, 15) is 13.2 Å². The monoisotopic (exact) mass is 260 g/mol. The van der Waals surface area contributed by atoms with Gasteiger partial charge in [-0.05, 0) is 25.3 Å². The van der Waals surface area contributed by atoms with Crippen molar-refractivity contribution in [1.82, 2.24) is 10.2 Å². The van der Waals surface area contributed by atoms with E-state index >= 15 is 0 Å². The van der Waals surface area contributed by atoms with Gasteiger partial charge in [-0.3, -0.25) is 4.79 Å². The van der Waals surface area contributed by atoms with E-state index < -0.39 is 9.84 Å². The van der Waals surface area contributed by atoms with Crippen molar-refractivity contribution in [3.8, 4) is 0 Å². The summed E-state index contributed by atoms with van der Waals surface area (Å²) in [5, 5.41) is 3.25. The molecular weight excluding hydrogens is 240 g/mol. The molecule has 2 heterocycles. The fourth-order valence-electron chi connectivity index (χ4n) is 2.51. The van der Waals surface area contributed by atoms with Crippen molar-refractivity contribution >= 4 is 15.7 Å². The normalized spacial score (nSPS) is 33.4. The maximum absolute atomic E-state index is 12.2. The lowest BCUT2D eigenvalue weighted by Gasteiger charge is -2.35. The minimum atomic E-state index is -2.91. The summed E-state index contributed by atoms with van der Waals surface area (Å²) in [6.07, 6.45) is 2.18. The highest BCUT2D eigenvalue weighted by molar-refractivity contribution is 7.91. The Balaban J connectivity index is 1.96. The lowest BCUT2D eigenvalue weighted by atomic mass is 9.92. The van der Waals surface area contributed by atoms with Gasteiger partial charge in [-0.1, -0.05) is 6.92 Å². The summed E-state index contributed by atoms with van der Waals surface area (Å²) >= 11 is 0. The van der Waals surface area contributed by atoms with Gasteiger partial charge in [0.2, 0.25) is 5.91 Å². The molecule has 2 saturated heterocycles. The molecule has 17 heavy (non-hydrogen) atoms. The molecule has 2 unspecified atom stereocenters. The number of carbonyl (C=O) groups excluding carboxylic acids is 1. The van der Waals surface area contributed by atoms with E-state index in [2.05, 4.69) is 12.2 Å². The molecule has 0 saturated carbocycles. The average molecular weight is 260 g/mol. The Morgan fingerprint density at radius 2 is 1.94 bits per heavy atom. The van der Waals surface area contributed by atoms with Gasteiger partial charge in [0.25, 0.3) is 0 Å². The Hall–Kier alpha value is -0.620. The van der Waals surface area contributed by atoms with Crippen LogP contribution in [0.5, 0.6) is 0 Å². The average Bonchev–Trinajstić information content (AvgIpc) is 2.29. The van der Waals surface area contributed by atoms with Crippen molar-refractivity contribution in [3.63, 3.8) is 0 Å². The molecule has 1 amide bonds. The first-order valence-electron chi connectivity index (χ1n) is 6.22. The van der Waals surface area contributed by atoms with Crippen molar-refractivity contribution in [2.45, 2.75) is 25.8 Å². The molecule has 0 aromatic heterocycles. The first-order valence-corrected chi connectivity index (χ1v) is 8.04. The van der Waals surface area contributed by atoms with Gasteiger partial charge in [0.1, 0.15) is 0 Å². The van der Waals surface area contributed by atoms with E-state index in [1.54, 1.807) is 4.90 Å². The van der Waals surface area contributed by atoms with Gasteiger partial charge in [-0.25, -0.2) is 8.42 Å². The van der Waals surface area contributed by atoms with Gasteiger partial charge in [-0.15, -0.1) is 0 Å². The van der Waals surface area contributed by atoms with Gasteiger partial charge in [-0.2, -0.15) is 0 Å². The van der Waals surface area contributed by atoms with Gasteiger partial charge >= 0.3 is 0 Å². The third-order valence-corrected chi connectivity index (χ3v) is 5.30. The molecule has 0 spiro atoms. The molecule has 98 valence electrons. The topological polar surface area (TPSA) is 66.5 Å². The third kappa shape index (κ3) is 2.98. The standard InChI is InChI=1S/C11H20N2O3S/c1-9-3-2-4-12-10(9)11(14)13-5-7-17(15,16)8-6-13/h9-10,12H,2-8H2,1H3. The predicted molar refractivity (Wildman–Crippen MR) is 65.4 cm³/mol. The van der Waals surface area contributed by atoms with Crippen molar-refractivity contribution in [2.24, 2.45) is 5.92 Å². The van der Waals surface area contributed by atoms with Crippen LogP contribution < -0.4 is 5.32 Å². The summed E-state index contributed by atoms with van der Waals surface area (Å²) in [5.41, 5.74) is 0. The van der Waals surface area contributed by atoms with Gasteiger partial charge < -0.3 is 10.2 Å². The maximum Gasteiger partial charge on any atom is 0.240 e. The number of amides is 1. The fraction of sp³-hybridized carbons (Fsp3) is 0.909. The quantitative estimate of drug-likeness (QED) is 0.698. The lowest BCUT2D eigenvalue weighted by Crippen LogP contribution is -2.55. The second kappa shape index (κ2) is 4.94. The first-order chi connectivity index (χ1) is 7.99. The van der Waals surface area contributed by atoms with Crippen LogP contribution in [0.15, 0.2) is 0 Å². The first kappa shape index (κ1) is 12.8. The Bertz CT molecular complexity index is 380. The SMILES string of the molecule is CC1CCCNC1C(=O)N1CCS(=O)(=O)CC1. The number of hydrogen-bond acceptors (Lipinski definition) is 4. The molecule has 2 atom stereocenters. The van der Waals surface area contributed by atoms with Crippen LogP contribution in [0.1, 0.15) is 19.8 Å². The Kier molecular flexibility index (Phi) is 3.73. The molecule has 5 nitrogen and oxygen atoms in total. The molecule has 0 aliphatic carbocycles. The van der Waals surface area contributed by atoms with Gasteiger partial charge in [0, 0.05) is 13.1 Å². The number of nitrogens with one attached hydrogen (secondary N) is 1. The van der Waals surface area contributed by atoms with Crippen LogP contribution in [-0.4, -0.2) is 56.4 Å². The molecule has 0 aromatic rings. The van der Waals surface area contributed by atoms with Crippen LogP contribution in [0, 0.1) is 5.92 Å². The van der Waals surface area contributed by atoms with E-state index in [1.807, 2.05) is 0 Å². The maximum atomic E-state index is 12.2. The van der Waals surface area contributed by atoms with Crippen LogP contribution in [0.4, 0.5) is 0 Å². The third-order valence-electron chi connectivity index (χ3n) is 3.69. The van der Waals surface area contributed by atoms with Crippen molar-refractivity contribution in [1.29, 1.82) is 0 Å². The highest BCUT2D eigenvalue weighted by Gasteiger charge is 2.33. The smallest absolute Gasteiger partial charge is 0.240 e. The highest BCUT2D eigenvalue weighted by Crippen LogP contribution is 2.18. The summed E-state index contributed by atoms with van der Waals surface area (Å²) < 4.78 is 22.6. The molecule has 6 heteroatoms. The number of hydrogen-bond donors (Lipinski definition) is 1. The van der Waals surface area contributed by atoms with E-state index in [0.29, 0.717) is 19.0 Å². The van der Waals surface area contributed by atoms with Crippen LogP contribution in [0.3, 0.4) is 0 Å². The minimum Gasteiger partial charge on any atom is -0.339 e. The van der Waals surface area contributed by atoms with E-state index in [4.69, 9.17) is 0 Å². The minimum absolute atomic E-state index is 0.0760. The Labute approximate surface area is 102 Å². The second-order valence-corrected chi connectivity index (χ2v) is 7.33. The summed E-state index contributed by atoms with van der Waals surface area (Å²) in [6.45, 7) is 3.67. The number of piperidine rings is 1. The van der Waals surface area contributed by atoms with Gasteiger partial charge in [0.05, 0.1) is 17.5 Å². The zero-order valence-corrected chi connectivity index (χ0v) is 11.0. The van der Waals surface area contributed by atoms with Crippen molar-refractivity contribution < 1.29 is 13.2 Å². The van der Waals surface area contributed by atoms with Crippen LogP contribution >= 0.6 is 0 Å². The summed E-state index contributed by atoms with van der Waals surface area (Å²) in [5.74, 6) is 0.640. The summed E-state index contributed by atoms with van der Waals surface area (Å²) in [6, 6.07) is -0.121. The molecule has 2 rings (SSSR count). The van der Waals surface area contributed by atoms with E-state index in [1.165, 1.54) is 0 Å².